The SMILES string of the molecule is [C-]#[N+]c1c([N+]#[C-])c2c3c(c(C#N)c(C#N)c4c3c1C(=O)N(c1c(C(C)C)cccc1C(C)C)C4=O)C(=O)N(c1c(C(C)C)cccc1C(C)C)C2=O.[C-]#[N+]c1cc2c3c(c(C#N)cc4c3c1C(=O)N(c1c(C(C)C)cccc1C(C)C)C4=O)C(=O)N(c1c(C(C)C)cccc1C(C)C)C2=O.[C-]#[N+]c1cc2c3c(cc(C#N)c4c3c1C(=O)N(c1c(C(C)C)cccc1C(C)C)C4=O)C(=O)N(c1c(C(C)C)cccc1C(C)C)C2=O. The van der Waals surface area contributed by atoms with Gasteiger partial charge in [-0.3, -0.25) is 57.5 Å². The molecule has 6 aliphatic rings. The van der Waals surface area contributed by atoms with Crippen LogP contribution in [0, 0.1) is 71.6 Å². The molecule has 148 heavy (non-hydrogen) atoms. The van der Waals surface area contributed by atoms with E-state index in [-0.39, 0.29) is 204 Å². The van der Waals surface area contributed by atoms with Gasteiger partial charge in [0.25, 0.3) is 70.9 Å². The summed E-state index contributed by atoms with van der Waals surface area (Å²) in [5.41, 5.74) is 7.28. The van der Waals surface area contributed by atoms with Gasteiger partial charge in [-0.2, -0.15) is 21.0 Å². The predicted octanol–water partition coefficient (Wildman–Crippen LogP) is 28.5. The maximum absolute atomic E-state index is 14.9. The van der Waals surface area contributed by atoms with Crippen molar-refractivity contribution in [2.75, 3.05) is 29.4 Å². The lowest BCUT2D eigenvalue weighted by Crippen LogP contribution is -2.45. The normalized spacial score (nSPS) is 14.0. The van der Waals surface area contributed by atoms with Crippen LogP contribution in [0.2, 0.25) is 0 Å². The van der Waals surface area contributed by atoms with Crippen molar-refractivity contribution in [3.05, 3.63) is 335 Å². The first-order valence-electron chi connectivity index (χ1n) is 49.5. The van der Waals surface area contributed by atoms with E-state index < -0.39 is 93.4 Å². The van der Waals surface area contributed by atoms with Crippen LogP contribution in [-0.2, 0) is 0 Å². The summed E-state index contributed by atoms with van der Waals surface area (Å²) in [6.07, 6.45) is 0. The topological polar surface area (TPSA) is 337 Å². The van der Waals surface area contributed by atoms with E-state index in [1.54, 1.807) is 24.3 Å². The van der Waals surface area contributed by atoms with Gasteiger partial charge in [0.05, 0.1) is 122 Å². The number of amides is 12. The predicted molar refractivity (Wildman–Crippen MR) is 570 cm³/mol. The maximum Gasteiger partial charge on any atom is 0.267 e. The molecule has 0 aliphatic carbocycles. The van der Waals surface area contributed by atoms with Crippen molar-refractivity contribution < 1.29 is 57.5 Å². The molecule has 12 amide bonds. The Bertz CT molecular complexity index is 7800. The van der Waals surface area contributed by atoms with Crippen molar-refractivity contribution >= 4 is 160 Å². The fraction of sp³-hybridized carbons (Fsp3) is 0.295. The van der Waals surface area contributed by atoms with Crippen LogP contribution in [0.15, 0.2) is 133 Å². The molecule has 0 fully saturated rings. The summed E-state index contributed by atoms with van der Waals surface area (Å²) in [6, 6.07) is 47.0. The molecule has 0 N–H and O–H groups in total. The van der Waals surface area contributed by atoms with Gasteiger partial charge in [-0.05, 0) is 184 Å². The number of rotatable bonds is 18. The van der Waals surface area contributed by atoms with E-state index in [4.69, 9.17) is 26.3 Å². The Hall–Kier alpha value is -17.8. The highest BCUT2D eigenvalue weighted by Crippen LogP contribution is 2.57. The van der Waals surface area contributed by atoms with Gasteiger partial charge in [-0.1, -0.05) is 275 Å². The first-order valence-corrected chi connectivity index (χ1v) is 49.5. The fourth-order valence-electron chi connectivity index (χ4n) is 21.9. The Kier molecular flexibility index (Phi) is 27.0. The summed E-state index contributed by atoms with van der Waals surface area (Å²) < 4.78 is 0. The minimum atomic E-state index is -0.931. The van der Waals surface area contributed by atoms with Gasteiger partial charge in [-0.25, -0.2) is 48.8 Å². The number of para-hydroxylation sites is 6. The van der Waals surface area contributed by atoms with Crippen molar-refractivity contribution in [3.63, 3.8) is 0 Å². The van der Waals surface area contributed by atoms with E-state index in [1.165, 1.54) is 24.3 Å². The van der Waals surface area contributed by atoms with E-state index in [0.29, 0.717) is 45.0 Å². The second-order valence-corrected chi connectivity index (χ2v) is 41.7. The van der Waals surface area contributed by atoms with Crippen LogP contribution in [0.5, 0.6) is 0 Å². The Balaban J connectivity index is 0.000000159. The monoisotopic (exact) mass is 1960 g/mol. The van der Waals surface area contributed by atoms with Crippen LogP contribution < -0.4 is 29.4 Å². The Morgan fingerprint density at radius 3 is 0.608 bits per heavy atom. The van der Waals surface area contributed by atoms with Gasteiger partial charge in [-0.15, -0.1) is 0 Å². The van der Waals surface area contributed by atoms with E-state index in [1.807, 2.05) is 263 Å². The Morgan fingerprint density at radius 2 is 0.385 bits per heavy atom. The number of hydrogen-bond donors (Lipinski definition) is 0. The van der Waals surface area contributed by atoms with Gasteiger partial charge < -0.3 is 0 Å². The third-order valence-corrected chi connectivity index (χ3v) is 28.9. The highest BCUT2D eigenvalue weighted by Gasteiger charge is 2.53. The number of anilines is 6. The maximum atomic E-state index is 14.9. The highest BCUT2D eigenvalue weighted by molar-refractivity contribution is 6.49. The zero-order valence-electron chi connectivity index (χ0n) is 86.8. The standard InChI is InChI=1S/C42H34N6O4.2C40H36N4O4/c1-19(2)23-13-11-14-24(20(3)4)37(23)47-39(49)29-27(17-43)28(18-44)30-32-31(29)33(41(47)51)35(45-9)36(46-10)34(32)42(52)48(40(30)50)38-25(21(5)6)15-12-16-26(38)22(7)8;1-19(2)24-12-10-13-25(20(3)4)35(24)43-38(46)29-17-30(42-9)34-33-28(16-23(18-41)31(32(29)33)39(43)47)37(45)44(40(34)48)36-26(21(5)6)14-11-15-27(36)22(7)8;1-19(2)24-12-10-13-25(20(3)4)35(24)43-37(45)28-16-23(18-41)31-34-32(28)29(38(43)46)17-30(42-9)33(34)40(48)44(39(31)47)36-26(21(5)6)14-11-15-27(36)22(7)8/h11-16,19-22H,1-8H3;2*10-17,19-22H,1-8H3. The van der Waals surface area contributed by atoms with Crippen LogP contribution in [0.4, 0.5) is 56.9 Å². The average molecular weight is 1960 g/mol. The Labute approximate surface area is 859 Å². The Morgan fingerprint density at radius 1 is 0.209 bits per heavy atom. The first kappa shape index (κ1) is 103. The zero-order valence-corrected chi connectivity index (χ0v) is 86.8. The number of nitriles is 4. The number of imide groups is 6. The van der Waals surface area contributed by atoms with Crippen LogP contribution in [-0.4, -0.2) is 70.9 Å². The van der Waals surface area contributed by atoms with E-state index in [9.17, 15) is 78.6 Å². The number of benzene rings is 12. The molecule has 0 saturated heterocycles. The second-order valence-electron chi connectivity index (χ2n) is 41.7. The molecule has 0 saturated carbocycles. The van der Waals surface area contributed by atoms with Crippen molar-refractivity contribution in [3.8, 4) is 24.3 Å². The lowest BCUT2D eigenvalue weighted by atomic mass is 9.78. The summed E-state index contributed by atoms with van der Waals surface area (Å²) in [4.78, 5) is 198. The lowest BCUT2D eigenvalue weighted by molar-refractivity contribution is 0.0872. The average Bonchev–Trinajstić information content (AvgIpc) is 0.676. The highest BCUT2D eigenvalue weighted by atomic mass is 16.2. The van der Waals surface area contributed by atoms with Crippen LogP contribution >= 0.6 is 0 Å². The van der Waals surface area contributed by atoms with Crippen LogP contribution in [0.25, 0.3) is 51.7 Å². The third kappa shape index (κ3) is 15.5. The number of carbonyl (C=O) groups is 12. The number of carbonyl (C=O) groups excluding carboxylic acids is 12. The van der Waals surface area contributed by atoms with Crippen LogP contribution in [0.1, 0.15) is 450 Å². The minimum absolute atomic E-state index is 0.000431. The number of hydrogen-bond acceptors (Lipinski definition) is 16. The first-order chi connectivity index (χ1) is 70.2. The van der Waals surface area contributed by atoms with Crippen molar-refractivity contribution in [2.24, 2.45) is 0 Å². The lowest BCUT2D eigenvalue weighted by Gasteiger charge is -2.37. The number of nitrogens with zero attached hydrogens (tertiary/aromatic N) is 14. The fourth-order valence-corrected chi connectivity index (χ4v) is 21.9. The molecule has 26 nitrogen and oxygen atoms in total. The summed E-state index contributed by atoms with van der Waals surface area (Å²) in [5.74, 6) is -10.2. The molecule has 0 atom stereocenters. The van der Waals surface area contributed by atoms with E-state index >= 15 is 0 Å². The molecular formula is C122H106N14O12. The molecule has 12 aromatic carbocycles. The quantitative estimate of drug-likeness (QED) is 0.0569. The molecule has 18 rings (SSSR count). The van der Waals surface area contributed by atoms with Gasteiger partial charge in [0.1, 0.15) is 24.3 Å². The molecule has 6 heterocycles. The van der Waals surface area contributed by atoms with E-state index in [0.717, 1.165) is 73.9 Å². The van der Waals surface area contributed by atoms with Crippen molar-refractivity contribution in [2.45, 2.75) is 237 Å². The molecule has 26 heteroatoms. The summed E-state index contributed by atoms with van der Waals surface area (Å²) in [5, 5.41) is 42.1. The molecule has 0 bridgehead atoms. The molecule has 0 radical (unpaired) electrons. The van der Waals surface area contributed by atoms with E-state index in [2.05, 4.69) is 31.5 Å². The summed E-state index contributed by atoms with van der Waals surface area (Å²) in [6.45, 7) is 79.7. The van der Waals surface area contributed by atoms with Gasteiger partial charge in [0.15, 0.2) is 0 Å². The molecule has 0 spiro atoms. The zero-order chi connectivity index (χ0) is 108. The molecule has 0 unspecified atom stereocenters. The summed E-state index contributed by atoms with van der Waals surface area (Å²) in [7, 11) is 0. The van der Waals surface area contributed by atoms with Gasteiger partial charge in [0, 0.05) is 38.6 Å². The summed E-state index contributed by atoms with van der Waals surface area (Å²) >= 11 is 0. The van der Waals surface area contributed by atoms with Gasteiger partial charge >= 0.3 is 0 Å². The molecule has 12 aromatic rings. The molecule has 0 aromatic heterocycles. The third-order valence-electron chi connectivity index (χ3n) is 28.9. The van der Waals surface area contributed by atoms with Crippen molar-refractivity contribution in [1.82, 2.24) is 0 Å². The second kappa shape index (κ2) is 38.7. The largest absolute Gasteiger partial charge is 0.270 e. The van der Waals surface area contributed by atoms with Crippen molar-refractivity contribution in [1.29, 1.82) is 21.0 Å². The van der Waals surface area contributed by atoms with Gasteiger partial charge in [0.2, 0.25) is 22.7 Å². The molecule has 6 aliphatic heterocycles. The minimum Gasteiger partial charge on any atom is -0.270 e. The molecular weight excluding hydrogens is 1850 g/mol. The van der Waals surface area contributed by atoms with Crippen LogP contribution in [0.3, 0.4) is 0 Å². The molecule has 736 valence electrons. The smallest absolute Gasteiger partial charge is 0.267 e.